The van der Waals surface area contributed by atoms with Crippen LogP contribution in [0.4, 0.5) is 10.3 Å². The Bertz CT molecular complexity index is 995. The average Bonchev–Trinajstić information content (AvgIpc) is 3.21. The van der Waals surface area contributed by atoms with E-state index in [1.54, 1.807) is 6.33 Å². The molecule has 2 aliphatic rings. The molecular formula is C18H17FN6O. The van der Waals surface area contributed by atoms with Crippen molar-refractivity contribution in [2.45, 2.75) is 38.0 Å². The summed E-state index contributed by atoms with van der Waals surface area (Å²) < 4.78 is 14.9. The van der Waals surface area contributed by atoms with Crippen LogP contribution in [0.1, 0.15) is 53.2 Å². The summed E-state index contributed by atoms with van der Waals surface area (Å²) >= 11 is 0. The van der Waals surface area contributed by atoms with E-state index in [0.717, 1.165) is 25.2 Å². The van der Waals surface area contributed by atoms with Crippen molar-refractivity contribution in [3.8, 4) is 0 Å². The predicted octanol–water partition coefficient (Wildman–Crippen LogP) is 2.74. The standard InChI is InChI=1S/C18H17FN6O/c19-11-7-20-18(21-8-11)23-17(26)14-6-13-12(10-2-1-3-10)4-5-15(13)25-9-22-24-16(14)25/h6-10,12H,1-5H2,(H,20,21,23,26)/t12-/m1/s1. The predicted molar refractivity (Wildman–Crippen MR) is 91.3 cm³/mol. The van der Waals surface area contributed by atoms with Crippen LogP contribution in [0.25, 0.3) is 5.65 Å². The normalized spacial score (nSPS) is 19.3. The maximum atomic E-state index is 13.0. The Kier molecular flexibility index (Phi) is 3.44. The molecule has 0 aromatic carbocycles. The highest BCUT2D eigenvalue weighted by Crippen LogP contribution is 2.47. The van der Waals surface area contributed by atoms with Crippen molar-refractivity contribution >= 4 is 17.5 Å². The number of carbonyl (C=O) groups is 1. The second kappa shape index (κ2) is 5.82. The number of aromatic nitrogens is 5. The van der Waals surface area contributed by atoms with Gasteiger partial charge in [0.2, 0.25) is 5.95 Å². The first kappa shape index (κ1) is 15.4. The Labute approximate surface area is 148 Å². The Morgan fingerprint density at radius 3 is 2.77 bits per heavy atom. The van der Waals surface area contributed by atoms with Crippen LogP contribution in [0.15, 0.2) is 24.8 Å². The second-order valence-electron chi connectivity index (χ2n) is 7.00. The zero-order valence-corrected chi connectivity index (χ0v) is 14.0. The lowest BCUT2D eigenvalue weighted by Crippen LogP contribution is -2.20. The monoisotopic (exact) mass is 352 g/mol. The van der Waals surface area contributed by atoms with Gasteiger partial charge < -0.3 is 0 Å². The molecule has 3 heterocycles. The van der Waals surface area contributed by atoms with Gasteiger partial charge in [-0.1, -0.05) is 6.42 Å². The molecule has 0 saturated heterocycles. The fourth-order valence-electron chi connectivity index (χ4n) is 4.14. The van der Waals surface area contributed by atoms with Gasteiger partial charge in [0.05, 0.1) is 18.0 Å². The summed E-state index contributed by atoms with van der Waals surface area (Å²) in [5, 5.41) is 10.7. The lowest BCUT2D eigenvalue weighted by atomic mass is 9.73. The molecular weight excluding hydrogens is 335 g/mol. The molecule has 0 aliphatic heterocycles. The summed E-state index contributed by atoms with van der Waals surface area (Å²) in [6.07, 6.45) is 9.61. The topological polar surface area (TPSA) is 85.1 Å². The highest BCUT2D eigenvalue weighted by atomic mass is 19.1. The molecule has 1 fully saturated rings. The van der Waals surface area contributed by atoms with Crippen molar-refractivity contribution in [2.24, 2.45) is 5.92 Å². The summed E-state index contributed by atoms with van der Waals surface area (Å²) in [7, 11) is 0. The van der Waals surface area contributed by atoms with Gasteiger partial charge in [-0.15, -0.1) is 10.2 Å². The molecule has 26 heavy (non-hydrogen) atoms. The minimum atomic E-state index is -0.552. The van der Waals surface area contributed by atoms with Gasteiger partial charge in [-0.05, 0) is 49.1 Å². The molecule has 5 rings (SSSR count). The third-order valence-electron chi connectivity index (χ3n) is 5.61. The molecule has 132 valence electrons. The van der Waals surface area contributed by atoms with E-state index in [2.05, 4.69) is 25.5 Å². The van der Waals surface area contributed by atoms with Gasteiger partial charge in [-0.3, -0.25) is 14.5 Å². The van der Waals surface area contributed by atoms with Crippen molar-refractivity contribution in [3.05, 3.63) is 47.4 Å². The molecule has 0 spiro atoms. The summed E-state index contributed by atoms with van der Waals surface area (Å²) in [6, 6.07) is 1.95. The molecule has 1 atom stereocenters. The molecule has 1 amide bonds. The van der Waals surface area contributed by atoms with Gasteiger partial charge in [0, 0.05) is 5.69 Å². The van der Waals surface area contributed by atoms with Crippen LogP contribution >= 0.6 is 0 Å². The smallest absolute Gasteiger partial charge is 0.261 e. The van der Waals surface area contributed by atoms with Gasteiger partial charge in [0.25, 0.3) is 5.91 Å². The summed E-state index contributed by atoms with van der Waals surface area (Å²) in [6.45, 7) is 0. The van der Waals surface area contributed by atoms with Gasteiger partial charge in [-0.2, -0.15) is 0 Å². The second-order valence-corrected chi connectivity index (χ2v) is 7.00. The fraction of sp³-hybridized carbons (Fsp3) is 0.389. The number of hydrogen-bond donors (Lipinski definition) is 1. The largest absolute Gasteiger partial charge is 0.290 e. The number of halogens is 1. The van der Waals surface area contributed by atoms with Crippen LogP contribution < -0.4 is 5.32 Å². The Balaban J connectivity index is 1.55. The van der Waals surface area contributed by atoms with E-state index in [4.69, 9.17) is 0 Å². The van der Waals surface area contributed by atoms with E-state index < -0.39 is 5.82 Å². The number of pyridine rings is 1. The number of rotatable bonds is 3. The Morgan fingerprint density at radius 2 is 2.04 bits per heavy atom. The molecule has 0 bridgehead atoms. The third kappa shape index (κ3) is 2.36. The molecule has 0 radical (unpaired) electrons. The molecule has 1 N–H and O–H groups in total. The number of fused-ring (bicyclic) bond motifs is 3. The maximum Gasteiger partial charge on any atom is 0.261 e. The lowest BCUT2D eigenvalue weighted by Gasteiger charge is -2.32. The quantitative estimate of drug-likeness (QED) is 0.783. The summed E-state index contributed by atoms with van der Waals surface area (Å²) in [5.41, 5.74) is 3.40. The summed E-state index contributed by atoms with van der Waals surface area (Å²) in [4.78, 5) is 20.4. The number of anilines is 1. The summed E-state index contributed by atoms with van der Waals surface area (Å²) in [5.74, 6) is 0.353. The SMILES string of the molecule is O=C(Nc1ncc(F)cn1)c1cc2c(n3cnnc13)CC[C@@H]2C1CCC1. The highest BCUT2D eigenvalue weighted by molar-refractivity contribution is 6.07. The van der Waals surface area contributed by atoms with E-state index in [0.29, 0.717) is 23.0 Å². The lowest BCUT2D eigenvalue weighted by molar-refractivity contribution is 0.102. The molecule has 2 aliphatic carbocycles. The average molecular weight is 352 g/mol. The van der Waals surface area contributed by atoms with Crippen LogP contribution in [-0.2, 0) is 6.42 Å². The van der Waals surface area contributed by atoms with Crippen molar-refractivity contribution in [3.63, 3.8) is 0 Å². The van der Waals surface area contributed by atoms with E-state index in [-0.39, 0.29) is 11.9 Å². The molecule has 3 aromatic heterocycles. The van der Waals surface area contributed by atoms with Gasteiger partial charge >= 0.3 is 0 Å². The molecule has 8 heteroatoms. The van der Waals surface area contributed by atoms with Crippen molar-refractivity contribution in [1.82, 2.24) is 24.6 Å². The van der Waals surface area contributed by atoms with Gasteiger partial charge in [-0.25, -0.2) is 14.4 Å². The zero-order valence-electron chi connectivity index (χ0n) is 14.0. The van der Waals surface area contributed by atoms with Crippen LogP contribution in [0.5, 0.6) is 0 Å². The first-order chi connectivity index (χ1) is 12.7. The minimum absolute atomic E-state index is 0.0603. The van der Waals surface area contributed by atoms with E-state index in [1.165, 1.54) is 30.5 Å². The Morgan fingerprint density at radius 1 is 1.23 bits per heavy atom. The molecule has 0 unspecified atom stereocenters. The van der Waals surface area contributed by atoms with E-state index >= 15 is 0 Å². The van der Waals surface area contributed by atoms with Crippen molar-refractivity contribution in [2.75, 3.05) is 5.32 Å². The van der Waals surface area contributed by atoms with Crippen molar-refractivity contribution < 1.29 is 9.18 Å². The minimum Gasteiger partial charge on any atom is -0.290 e. The van der Waals surface area contributed by atoms with E-state index in [1.807, 2.05) is 10.5 Å². The van der Waals surface area contributed by atoms with Crippen LogP contribution in [0.3, 0.4) is 0 Å². The Hall–Kier alpha value is -2.90. The molecule has 7 nitrogen and oxygen atoms in total. The number of carbonyl (C=O) groups excluding carboxylic acids is 1. The van der Waals surface area contributed by atoms with Crippen LogP contribution in [-0.4, -0.2) is 30.5 Å². The zero-order chi connectivity index (χ0) is 17.7. The molecule has 1 saturated carbocycles. The maximum absolute atomic E-state index is 13.0. The first-order valence-corrected chi connectivity index (χ1v) is 8.85. The third-order valence-corrected chi connectivity index (χ3v) is 5.61. The number of nitrogens with one attached hydrogen (secondary N) is 1. The van der Waals surface area contributed by atoms with Crippen LogP contribution in [0, 0.1) is 11.7 Å². The first-order valence-electron chi connectivity index (χ1n) is 8.85. The van der Waals surface area contributed by atoms with E-state index in [9.17, 15) is 9.18 Å². The van der Waals surface area contributed by atoms with Gasteiger partial charge in [0.15, 0.2) is 11.5 Å². The van der Waals surface area contributed by atoms with Gasteiger partial charge in [0.1, 0.15) is 6.33 Å². The number of hydrogen-bond acceptors (Lipinski definition) is 5. The fourth-order valence-corrected chi connectivity index (χ4v) is 4.14. The van der Waals surface area contributed by atoms with Crippen molar-refractivity contribution in [1.29, 1.82) is 0 Å². The number of nitrogens with zero attached hydrogens (tertiary/aromatic N) is 5. The number of aryl methyl sites for hydroxylation is 1. The number of amides is 1. The van der Waals surface area contributed by atoms with Crippen LogP contribution in [0.2, 0.25) is 0 Å². The molecule has 3 aromatic rings. The highest BCUT2D eigenvalue weighted by Gasteiger charge is 2.35.